The lowest BCUT2D eigenvalue weighted by Crippen LogP contribution is -2.34. The highest BCUT2D eigenvalue weighted by molar-refractivity contribution is 7.71. The van der Waals surface area contributed by atoms with Gasteiger partial charge in [0.2, 0.25) is 0 Å². The topological polar surface area (TPSA) is 69.5 Å². The van der Waals surface area contributed by atoms with Crippen molar-refractivity contribution in [2.75, 3.05) is 13.6 Å². The van der Waals surface area contributed by atoms with Gasteiger partial charge in [-0.05, 0) is 43.3 Å². The Morgan fingerprint density at radius 2 is 2.33 bits per heavy atom. The molecule has 1 fully saturated rings. The molecular weight excluding hydrogens is 288 g/mol. The summed E-state index contributed by atoms with van der Waals surface area (Å²) in [5, 5.41) is 9.87. The zero-order chi connectivity index (χ0) is 15.0. The molecule has 2 atom stereocenters. The molecule has 1 aromatic heterocycles. The summed E-state index contributed by atoms with van der Waals surface area (Å²) in [6.45, 7) is 0.578. The van der Waals surface area contributed by atoms with E-state index in [-0.39, 0.29) is 17.9 Å². The van der Waals surface area contributed by atoms with Gasteiger partial charge in [0.25, 0.3) is 10.7 Å². The Morgan fingerprint density at radius 3 is 3.05 bits per heavy atom. The number of nitrogens with zero attached hydrogens (tertiary/aromatic N) is 1. The average Bonchev–Trinajstić information content (AvgIpc) is 3.02. The fraction of sp³-hybridized carbons (Fsp3) is 0.467. The molecule has 1 aromatic carbocycles. The molecule has 6 heteroatoms. The van der Waals surface area contributed by atoms with Gasteiger partial charge in [0, 0.05) is 25.1 Å². The van der Waals surface area contributed by atoms with Gasteiger partial charge in [0.05, 0.1) is 11.6 Å². The van der Waals surface area contributed by atoms with Crippen molar-refractivity contribution in [2.24, 2.45) is 5.92 Å². The summed E-state index contributed by atoms with van der Waals surface area (Å²) in [6.07, 6.45) is 2.56. The minimum Gasteiger partial charge on any atom is -0.429 e. The van der Waals surface area contributed by atoms with Crippen molar-refractivity contribution in [3.8, 4) is 0 Å². The molecule has 1 saturated carbocycles. The van der Waals surface area contributed by atoms with Crippen LogP contribution in [0.15, 0.2) is 22.6 Å². The second-order valence-corrected chi connectivity index (χ2v) is 6.04. The van der Waals surface area contributed by atoms with Gasteiger partial charge in [-0.25, -0.2) is 0 Å². The number of rotatable bonds is 3. The van der Waals surface area contributed by atoms with Crippen molar-refractivity contribution in [2.45, 2.75) is 25.4 Å². The number of carbonyl (C=O) groups excluding carboxylic acids is 1. The fourth-order valence-corrected chi connectivity index (χ4v) is 3.16. The van der Waals surface area contributed by atoms with Gasteiger partial charge < -0.3 is 19.4 Å². The van der Waals surface area contributed by atoms with Crippen LogP contribution in [0.4, 0.5) is 0 Å². The molecule has 0 aliphatic heterocycles. The second-order valence-electron chi connectivity index (χ2n) is 5.67. The van der Waals surface area contributed by atoms with Crippen LogP contribution in [0, 0.1) is 10.8 Å². The van der Waals surface area contributed by atoms with Crippen molar-refractivity contribution in [3.63, 3.8) is 0 Å². The number of hydrogen-bond acceptors (Lipinski definition) is 4. The van der Waals surface area contributed by atoms with E-state index in [4.69, 9.17) is 16.6 Å². The lowest BCUT2D eigenvalue weighted by atomic mass is 10.1. The van der Waals surface area contributed by atoms with Crippen LogP contribution < -0.4 is 0 Å². The van der Waals surface area contributed by atoms with Crippen LogP contribution in [0.3, 0.4) is 0 Å². The molecule has 2 unspecified atom stereocenters. The monoisotopic (exact) mass is 306 g/mol. The maximum Gasteiger partial charge on any atom is 0.266 e. The van der Waals surface area contributed by atoms with E-state index in [1.165, 1.54) is 0 Å². The minimum atomic E-state index is -0.287. The van der Waals surface area contributed by atoms with E-state index in [0.29, 0.717) is 22.5 Å². The molecule has 1 aliphatic rings. The molecule has 1 heterocycles. The number of nitrogens with one attached hydrogen (secondary N) is 1. The quantitative estimate of drug-likeness (QED) is 0.856. The van der Waals surface area contributed by atoms with Crippen LogP contribution in [-0.2, 0) is 0 Å². The maximum atomic E-state index is 12.5. The van der Waals surface area contributed by atoms with Crippen molar-refractivity contribution < 1.29 is 14.3 Å². The van der Waals surface area contributed by atoms with E-state index in [1.807, 2.05) is 0 Å². The molecule has 21 heavy (non-hydrogen) atoms. The molecule has 112 valence electrons. The van der Waals surface area contributed by atoms with Gasteiger partial charge in [-0.3, -0.25) is 4.79 Å². The van der Waals surface area contributed by atoms with Crippen LogP contribution in [0.5, 0.6) is 0 Å². The first-order chi connectivity index (χ1) is 10.0. The number of aromatic nitrogens is 1. The summed E-state index contributed by atoms with van der Waals surface area (Å²) in [4.78, 5) is 17.3. The van der Waals surface area contributed by atoms with E-state index < -0.39 is 0 Å². The second kappa shape index (κ2) is 5.61. The number of fused-ring (bicyclic) bond motifs is 1. The highest BCUT2D eigenvalue weighted by Gasteiger charge is 2.27. The van der Waals surface area contributed by atoms with Crippen LogP contribution in [0.1, 0.15) is 29.6 Å². The van der Waals surface area contributed by atoms with E-state index in [9.17, 15) is 9.90 Å². The summed E-state index contributed by atoms with van der Waals surface area (Å²) >= 11 is 4.94. The van der Waals surface area contributed by atoms with Gasteiger partial charge >= 0.3 is 0 Å². The van der Waals surface area contributed by atoms with Crippen LogP contribution in [-0.4, -0.2) is 40.6 Å². The van der Waals surface area contributed by atoms with Gasteiger partial charge in [0.15, 0.2) is 5.58 Å². The van der Waals surface area contributed by atoms with E-state index >= 15 is 0 Å². The number of oxazole rings is 1. The average molecular weight is 306 g/mol. The van der Waals surface area contributed by atoms with Gasteiger partial charge in [-0.15, -0.1) is 0 Å². The number of aliphatic hydroxyl groups excluding tert-OH is 1. The van der Waals surface area contributed by atoms with Crippen LogP contribution in [0.25, 0.3) is 11.1 Å². The van der Waals surface area contributed by atoms with Crippen molar-refractivity contribution in [1.29, 1.82) is 0 Å². The summed E-state index contributed by atoms with van der Waals surface area (Å²) in [7, 11) is 1.77. The normalized spacial score (nSPS) is 21.8. The Morgan fingerprint density at radius 1 is 1.52 bits per heavy atom. The molecule has 0 spiro atoms. The number of H-pyrrole nitrogens is 1. The Hall–Kier alpha value is -1.66. The summed E-state index contributed by atoms with van der Waals surface area (Å²) in [5.41, 5.74) is 1.93. The first-order valence-electron chi connectivity index (χ1n) is 7.11. The third kappa shape index (κ3) is 2.87. The molecule has 0 saturated heterocycles. The van der Waals surface area contributed by atoms with Gasteiger partial charge in [-0.1, -0.05) is 6.42 Å². The number of aliphatic hydroxyl groups is 1. The molecule has 1 aliphatic carbocycles. The Kier molecular flexibility index (Phi) is 3.82. The third-order valence-electron chi connectivity index (χ3n) is 4.14. The number of hydrogen-bond donors (Lipinski definition) is 2. The number of amides is 1. The van der Waals surface area contributed by atoms with Crippen LogP contribution in [0.2, 0.25) is 0 Å². The predicted octanol–water partition coefficient (Wildman–Crippen LogP) is 2.72. The molecule has 1 amide bonds. The molecular formula is C15H18N2O3S. The van der Waals surface area contributed by atoms with Crippen molar-refractivity contribution >= 4 is 29.2 Å². The van der Waals surface area contributed by atoms with E-state index in [1.54, 1.807) is 30.1 Å². The molecule has 2 aromatic rings. The lowest BCUT2D eigenvalue weighted by Gasteiger charge is -2.23. The minimum absolute atomic E-state index is 0.0710. The molecule has 2 N–H and O–H groups in total. The van der Waals surface area contributed by atoms with Crippen molar-refractivity contribution in [1.82, 2.24) is 9.88 Å². The Balaban J connectivity index is 1.77. The number of carbonyl (C=O) groups is 1. The summed E-state index contributed by atoms with van der Waals surface area (Å²) in [6, 6.07) is 5.25. The van der Waals surface area contributed by atoms with E-state index in [0.717, 1.165) is 24.8 Å². The largest absolute Gasteiger partial charge is 0.429 e. The fourth-order valence-electron chi connectivity index (χ4n) is 2.96. The zero-order valence-corrected chi connectivity index (χ0v) is 12.7. The zero-order valence-electron chi connectivity index (χ0n) is 11.8. The maximum absolute atomic E-state index is 12.5. The highest BCUT2D eigenvalue weighted by Crippen LogP contribution is 2.26. The molecule has 0 radical (unpaired) electrons. The van der Waals surface area contributed by atoms with Crippen LogP contribution >= 0.6 is 12.2 Å². The summed E-state index contributed by atoms with van der Waals surface area (Å²) in [5.74, 6) is 0.109. The van der Waals surface area contributed by atoms with E-state index in [2.05, 4.69) is 4.98 Å². The first-order valence-corrected chi connectivity index (χ1v) is 7.52. The first kappa shape index (κ1) is 14.3. The van der Waals surface area contributed by atoms with Gasteiger partial charge in [0.1, 0.15) is 0 Å². The molecule has 0 bridgehead atoms. The standard InChI is InChI=1S/C15H18N2O3S/c1-17(8-10-3-2-4-12(10)18)14(19)9-5-6-11-13(7-9)20-15(21)16-11/h5-7,10,12,18H,2-4,8H2,1H3,(H,16,21). The molecule has 3 rings (SSSR count). The number of benzene rings is 1. The smallest absolute Gasteiger partial charge is 0.266 e. The Labute approximate surface area is 127 Å². The number of aromatic amines is 1. The highest BCUT2D eigenvalue weighted by atomic mass is 32.1. The predicted molar refractivity (Wildman–Crippen MR) is 81.7 cm³/mol. The SMILES string of the molecule is CN(CC1CCCC1O)C(=O)c1ccc2[nH]c(=S)oc2c1. The summed E-state index contributed by atoms with van der Waals surface area (Å²) < 4.78 is 5.34. The molecule has 5 nitrogen and oxygen atoms in total. The third-order valence-corrected chi connectivity index (χ3v) is 4.33. The van der Waals surface area contributed by atoms with Gasteiger partial charge in [-0.2, -0.15) is 0 Å². The Bertz CT molecular complexity index is 721. The van der Waals surface area contributed by atoms with Crippen molar-refractivity contribution in [3.05, 3.63) is 28.6 Å². The lowest BCUT2D eigenvalue weighted by molar-refractivity contribution is 0.0693.